The Morgan fingerprint density at radius 2 is 2.21 bits per heavy atom. The van der Waals surface area contributed by atoms with Crippen molar-refractivity contribution in [3.8, 4) is 0 Å². The molecule has 0 saturated carbocycles. The smallest absolute Gasteiger partial charge is 0.332 e. The Labute approximate surface area is 88.7 Å². The summed E-state index contributed by atoms with van der Waals surface area (Å²) in [5.41, 5.74) is 8.31. The van der Waals surface area contributed by atoms with Crippen molar-refractivity contribution < 1.29 is 4.79 Å². The first-order valence-corrected chi connectivity index (χ1v) is 5.72. The third-order valence-corrected chi connectivity index (χ3v) is 3.95. The molecule has 0 bridgehead atoms. The lowest BCUT2D eigenvalue weighted by atomic mass is 9.98. The second kappa shape index (κ2) is 4.68. The van der Waals surface area contributed by atoms with Gasteiger partial charge >= 0.3 is 6.03 Å². The van der Waals surface area contributed by atoms with Crippen molar-refractivity contribution in [2.75, 3.05) is 0 Å². The third-order valence-electron chi connectivity index (χ3n) is 2.48. The maximum atomic E-state index is 10.5. The fourth-order valence-corrected chi connectivity index (χ4v) is 2.95. The van der Waals surface area contributed by atoms with E-state index in [0.717, 1.165) is 12.1 Å². The fourth-order valence-electron chi connectivity index (χ4n) is 1.56. The third kappa shape index (κ3) is 2.90. The van der Waals surface area contributed by atoms with Crippen LogP contribution >= 0.6 is 11.8 Å². The predicted molar refractivity (Wildman–Crippen MR) is 60.5 cm³/mol. The SMILES string of the molecule is CC1C/C(=N/NC(N)=O)C(C)C(C)S1. The van der Waals surface area contributed by atoms with E-state index in [4.69, 9.17) is 5.73 Å². The summed E-state index contributed by atoms with van der Waals surface area (Å²) in [5, 5.41) is 5.16. The molecule has 0 radical (unpaired) electrons. The second-order valence-electron chi connectivity index (χ2n) is 3.72. The van der Waals surface area contributed by atoms with E-state index in [9.17, 15) is 4.79 Å². The number of nitrogens with two attached hydrogens (primary N) is 1. The van der Waals surface area contributed by atoms with Crippen molar-refractivity contribution in [2.45, 2.75) is 37.7 Å². The molecule has 2 amide bonds. The summed E-state index contributed by atoms with van der Waals surface area (Å²) in [7, 11) is 0. The number of hydrogen-bond acceptors (Lipinski definition) is 3. The van der Waals surface area contributed by atoms with Crippen LogP contribution in [0.3, 0.4) is 0 Å². The van der Waals surface area contributed by atoms with Gasteiger partial charge in [0, 0.05) is 22.1 Å². The van der Waals surface area contributed by atoms with E-state index in [2.05, 4.69) is 31.3 Å². The largest absolute Gasteiger partial charge is 0.350 e. The molecule has 1 aliphatic heterocycles. The quantitative estimate of drug-likeness (QED) is 0.652. The molecule has 0 aromatic rings. The molecule has 5 heteroatoms. The maximum Gasteiger partial charge on any atom is 0.332 e. The Bertz CT molecular complexity index is 254. The molecule has 0 spiro atoms. The molecule has 1 fully saturated rings. The van der Waals surface area contributed by atoms with Gasteiger partial charge in [-0.3, -0.25) is 0 Å². The summed E-state index contributed by atoms with van der Waals surface area (Å²) in [6, 6.07) is -0.594. The number of urea groups is 1. The Hall–Kier alpha value is -0.710. The van der Waals surface area contributed by atoms with Crippen LogP contribution in [-0.2, 0) is 0 Å². The lowest BCUT2D eigenvalue weighted by molar-refractivity contribution is 0.249. The minimum Gasteiger partial charge on any atom is -0.350 e. The molecule has 0 aromatic carbocycles. The van der Waals surface area contributed by atoms with Crippen LogP contribution in [0, 0.1) is 5.92 Å². The van der Waals surface area contributed by atoms with Crippen molar-refractivity contribution in [2.24, 2.45) is 16.8 Å². The Balaban J connectivity index is 2.65. The van der Waals surface area contributed by atoms with Gasteiger partial charge < -0.3 is 5.73 Å². The first-order chi connectivity index (χ1) is 6.50. The van der Waals surface area contributed by atoms with Crippen LogP contribution in [0.5, 0.6) is 0 Å². The van der Waals surface area contributed by atoms with Gasteiger partial charge in [0.1, 0.15) is 0 Å². The number of primary amides is 1. The van der Waals surface area contributed by atoms with Gasteiger partial charge in [-0.2, -0.15) is 16.9 Å². The van der Waals surface area contributed by atoms with Crippen LogP contribution in [-0.4, -0.2) is 22.2 Å². The standard InChI is InChI=1S/C9H17N3OS/c1-5-4-8(11-12-9(10)13)6(2)7(3)14-5/h5-7H,4H2,1-3H3,(H3,10,12,13)/b11-8-. The molecule has 3 atom stereocenters. The number of carbonyl (C=O) groups excluding carboxylic acids is 1. The zero-order valence-electron chi connectivity index (χ0n) is 8.78. The molecule has 0 aliphatic carbocycles. The zero-order valence-corrected chi connectivity index (χ0v) is 9.60. The number of thioether (sulfide) groups is 1. The number of nitrogens with one attached hydrogen (secondary N) is 1. The minimum atomic E-state index is -0.594. The van der Waals surface area contributed by atoms with Gasteiger partial charge in [-0.15, -0.1) is 0 Å². The number of carbonyl (C=O) groups is 1. The van der Waals surface area contributed by atoms with Gasteiger partial charge in [-0.05, 0) is 6.42 Å². The summed E-state index contributed by atoms with van der Waals surface area (Å²) in [6.45, 7) is 6.49. The average molecular weight is 215 g/mol. The predicted octanol–water partition coefficient (Wildman–Crippen LogP) is 1.56. The molecular weight excluding hydrogens is 198 g/mol. The summed E-state index contributed by atoms with van der Waals surface area (Å²) in [4.78, 5) is 10.5. The van der Waals surface area contributed by atoms with Gasteiger partial charge in [0.05, 0.1) is 0 Å². The Morgan fingerprint density at radius 3 is 2.79 bits per heavy atom. The van der Waals surface area contributed by atoms with Gasteiger partial charge in [0.25, 0.3) is 0 Å². The van der Waals surface area contributed by atoms with Gasteiger partial charge in [0.2, 0.25) is 0 Å². The van der Waals surface area contributed by atoms with Gasteiger partial charge in [-0.1, -0.05) is 20.8 Å². The van der Waals surface area contributed by atoms with Crippen LogP contribution in [0.25, 0.3) is 0 Å². The first-order valence-electron chi connectivity index (χ1n) is 4.78. The second-order valence-corrected chi connectivity index (χ2v) is 5.54. The zero-order chi connectivity index (χ0) is 10.7. The molecule has 1 heterocycles. The van der Waals surface area contributed by atoms with E-state index >= 15 is 0 Å². The molecule has 1 saturated heterocycles. The molecule has 3 unspecified atom stereocenters. The summed E-state index contributed by atoms with van der Waals surface area (Å²) >= 11 is 1.96. The van der Waals surface area contributed by atoms with Crippen molar-refractivity contribution in [3.05, 3.63) is 0 Å². The number of hydrazone groups is 1. The van der Waals surface area contributed by atoms with Crippen LogP contribution in [0.4, 0.5) is 4.79 Å². The van der Waals surface area contributed by atoms with Gasteiger partial charge in [-0.25, -0.2) is 10.2 Å². The highest BCUT2D eigenvalue weighted by Gasteiger charge is 2.27. The Morgan fingerprint density at radius 1 is 1.57 bits per heavy atom. The van der Waals surface area contributed by atoms with E-state index in [1.807, 2.05) is 11.8 Å². The number of amides is 2. The summed E-state index contributed by atoms with van der Waals surface area (Å²) in [5.74, 6) is 0.406. The van der Waals surface area contributed by atoms with Gasteiger partial charge in [0.15, 0.2) is 0 Å². The minimum absolute atomic E-state index is 0.406. The van der Waals surface area contributed by atoms with Crippen molar-refractivity contribution in [1.29, 1.82) is 0 Å². The normalized spacial score (nSPS) is 35.6. The molecule has 80 valence electrons. The lowest BCUT2D eigenvalue weighted by Crippen LogP contribution is -2.34. The highest BCUT2D eigenvalue weighted by molar-refractivity contribution is 8.00. The van der Waals surface area contributed by atoms with Crippen LogP contribution in [0.1, 0.15) is 27.2 Å². The highest BCUT2D eigenvalue weighted by atomic mass is 32.2. The topological polar surface area (TPSA) is 67.5 Å². The van der Waals surface area contributed by atoms with Crippen molar-refractivity contribution >= 4 is 23.5 Å². The highest BCUT2D eigenvalue weighted by Crippen LogP contribution is 2.33. The van der Waals surface area contributed by atoms with E-state index in [-0.39, 0.29) is 0 Å². The van der Waals surface area contributed by atoms with Crippen LogP contribution < -0.4 is 11.2 Å². The van der Waals surface area contributed by atoms with E-state index < -0.39 is 6.03 Å². The maximum absolute atomic E-state index is 10.5. The molecule has 3 N–H and O–H groups in total. The summed E-state index contributed by atoms with van der Waals surface area (Å²) in [6.07, 6.45) is 0.927. The number of nitrogens with zero attached hydrogens (tertiary/aromatic N) is 1. The van der Waals surface area contributed by atoms with E-state index in [1.165, 1.54) is 0 Å². The lowest BCUT2D eigenvalue weighted by Gasteiger charge is -2.30. The number of hydrogen-bond donors (Lipinski definition) is 2. The molecule has 4 nitrogen and oxygen atoms in total. The van der Waals surface area contributed by atoms with Crippen molar-refractivity contribution in [3.63, 3.8) is 0 Å². The Kier molecular flexibility index (Phi) is 3.80. The molecule has 0 aromatic heterocycles. The average Bonchev–Trinajstić information content (AvgIpc) is 2.08. The fraction of sp³-hybridized carbons (Fsp3) is 0.778. The van der Waals surface area contributed by atoms with Crippen LogP contribution in [0.15, 0.2) is 5.10 Å². The monoisotopic (exact) mass is 215 g/mol. The van der Waals surface area contributed by atoms with E-state index in [1.54, 1.807) is 0 Å². The summed E-state index contributed by atoms with van der Waals surface area (Å²) < 4.78 is 0. The van der Waals surface area contributed by atoms with Crippen LogP contribution in [0.2, 0.25) is 0 Å². The molecule has 14 heavy (non-hydrogen) atoms. The first kappa shape index (κ1) is 11.4. The molecule has 1 aliphatic rings. The molecule has 1 rings (SSSR count). The van der Waals surface area contributed by atoms with Crippen molar-refractivity contribution in [1.82, 2.24) is 5.43 Å². The molecular formula is C9H17N3OS. The number of rotatable bonds is 1. The van der Waals surface area contributed by atoms with E-state index in [0.29, 0.717) is 16.4 Å².